The topological polar surface area (TPSA) is 29.5 Å². The van der Waals surface area contributed by atoms with Gasteiger partial charge in [-0.25, -0.2) is 4.39 Å². The molecule has 0 bridgehead atoms. The molecule has 104 valence electrons. The van der Waals surface area contributed by atoms with E-state index in [4.69, 9.17) is 4.74 Å². The van der Waals surface area contributed by atoms with Gasteiger partial charge in [-0.3, -0.25) is 4.79 Å². The quantitative estimate of drug-likeness (QED) is 0.846. The van der Waals surface area contributed by atoms with E-state index in [-0.39, 0.29) is 16.4 Å². The first-order valence-corrected chi connectivity index (χ1v) is 6.73. The van der Waals surface area contributed by atoms with Gasteiger partial charge >= 0.3 is 0 Å². The summed E-state index contributed by atoms with van der Waals surface area (Å²) in [7, 11) is 1.66. The maximum absolute atomic E-state index is 13.2. The van der Waals surface area contributed by atoms with Crippen molar-refractivity contribution in [1.29, 1.82) is 0 Å². The Morgan fingerprint density at radius 1 is 1.53 bits per heavy atom. The number of benzene rings is 1. The van der Waals surface area contributed by atoms with Gasteiger partial charge in [-0.1, -0.05) is 0 Å². The van der Waals surface area contributed by atoms with E-state index in [1.54, 1.807) is 12.0 Å². The summed E-state index contributed by atoms with van der Waals surface area (Å²) in [5, 5.41) is 0. The average Bonchev–Trinajstić information content (AvgIpc) is 2.41. The molecule has 0 saturated carbocycles. The fourth-order valence-corrected chi connectivity index (χ4v) is 2.59. The van der Waals surface area contributed by atoms with Crippen LogP contribution in [0.2, 0.25) is 0 Å². The van der Waals surface area contributed by atoms with Crippen LogP contribution in [-0.4, -0.2) is 36.6 Å². The molecular formula is C14H18FNO2S. The molecule has 1 fully saturated rings. The molecule has 0 N–H and O–H groups in total. The first kappa shape index (κ1) is 14.3. The number of hydrogen-bond donors (Lipinski definition) is 1. The number of nitrogens with zero attached hydrogens (tertiary/aromatic N) is 1. The van der Waals surface area contributed by atoms with Crippen LogP contribution in [0.3, 0.4) is 0 Å². The molecule has 1 aromatic carbocycles. The van der Waals surface area contributed by atoms with Gasteiger partial charge in [0.05, 0.1) is 5.60 Å². The number of carbonyl (C=O) groups excluding carboxylic acids is 1. The number of likely N-dealkylation sites (tertiary alicyclic amines) is 1. The molecule has 0 spiro atoms. The molecule has 19 heavy (non-hydrogen) atoms. The summed E-state index contributed by atoms with van der Waals surface area (Å²) in [5.41, 5.74) is 0.171. The molecule has 0 aliphatic carbocycles. The fourth-order valence-electron chi connectivity index (χ4n) is 2.37. The highest BCUT2D eigenvalue weighted by molar-refractivity contribution is 7.80. The number of piperidine rings is 1. The van der Waals surface area contributed by atoms with Crippen molar-refractivity contribution in [2.75, 3.05) is 20.2 Å². The number of hydrogen-bond acceptors (Lipinski definition) is 3. The van der Waals surface area contributed by atoms with Gasteiger partial charge in [0.25, 0.3) is 5.91 Å². The summed E-state index contributed by atoms with van der Waals surface area (Å²) in [6.07, 6.45) is 1.85. The summed E-state index contributed by atoms with van der Waals surface area (Å²) in [5.74, 6) is -0.515. The molecule has 1 heterocycles. The van der Waals surface area contributed by atoms with E-state index in [1.807, 2.05) is 6.92 Å². The highest BCUT2D eigenvalue weighted by Gasteiger charge is 2.33. The molecule has 3 nitrogen and oxygen atoms in total. The Balaban J connectivity index is 2.17. The third-order valence-electron chi connectivity index (χ3n) is 3.63. The molecule has 0 radical (unpaired) electrons. The summed E-state index contributed by atoms with van der Waals surface area (Å²) in [6.45, 7) is 3.26. The predicted molar refractivity (Wildman–Crippen MR) is 74.2 cm³/mol. The molecule has 1 aliphatic heterocycles. The molecule has 1 aromatic rings. The van der Waals surface area contributed by atoms with Crippen LogP contribution in [0, 0.1) is 5.82 Å². The zero-order chi connectivity index (χ0) is 14.0. The molecule has 1 unspecified atom stereocenters. The number of ether oxygens (including phenoxy) is 1. The zero-order valence-corrected chi connectivity index (χ0v) is 12.0. The standard InChI is InChI=1S/C14H18FNO2S/c1-14(18-2)6-3-7-16(9-14)13(17)10-4-5-11(15)12(19)8-10/h4-5,8,19H,3,6-7,9H2,1-2H3. The number of methoxy groups -OCH3 is 1. The van der Waals surface area contributed by atoms with E-state index in [9.17, 15) is 9.18 Å². The number of carbonyl (C=O) groups is 1. The summed E-state index contributed by atoms with van der Waals surface area (Å²) in [4.78, 5) is 14.3. The highest BCUT2D eigenvalue weighted by Crippen LogP contribution is 2.25. The van der Waals surface area contributed by atoms with Crippen LogP contribution >= 0.6 is 12.6 Å². The number of amides is 1. The van der Waals surface area contributed by atoms with Crippen molar-refractivity contribution >= 4 is 18.5 Å². The minimum Gasteiger partial charge on any atom is -0.377 e. The summed E-state index contributed by atoms with van der Waals surface area (Å²) in [6, 6.07) is 4.24. The second kappa shape index (κ2) is 5.51. The van der Waals surface area contributed by atoms with E-state index in [0.717, 1.165) is 12.8 Å². The van der Waals surface area contributed by atoms with Gasteiger partial charge in [-0.05, 0) is 38.0 Å². The molecular weight excluding hydrogens is 265 g/mol. The second-order valence-electron chi connectivity index (χ2n) is 5.15. The number of rotatable bonds is 2. The number of halogens is 1. The predicted octanol–water partition coefficient (Wildman–Crippen LogP) is 2.76. The maximum atomic E-state index is 13.2. The van der Waals surface area contributed by atoms with Gasteiger partial charge in [0.1, 0.15) is 5.82 Å². The zero-order valence-electron chi connectivity index (χ0n) is 11.1. The molecule has 0 aromatic heterocycles. The Kier molecular flexibility index (Phi) is 4.16. The highest BCUT2D eigenvalue weighted by atomic mass is 32.1. The minimum absolute atomic E-state index is 0.0988. The van der Waals surface area contributed by atoms with Gasteiger partial charge in [0.2, 0.25) is 0 Å². The average molecular weight is 283 g/mol. The lowest BCUT2D eigenvalue weighted by molar-refractivity contribution is -0.0440. The van der Waals surface area contributed by atoms with Crippen LogP contribution in [0.25, 0.3) is 0 Å². The second-order valence-corrected chi connectivity index (χ2v) is 5.63. The monoisotopic (exact) mass is 283 g/mol. The third-order valence-corrected chi connectivity index (χ3v) is 3.97. The lowest BCUT2D eigenvalue weighted by Gasteiger charge is -2.39. The smallest absolute Gasteiger partial charge is 0.253 e. The van der Waals surface area contributed by atoms with Crippen molar-refractivity contribution in [1.82, 2.24) is 4.90 Å². The van der Waals surface area contributed by atoms with Gasteiger partial charge in [-0.2, -0.15) is 0 Å². The first-order chi connectivity index (χ1) is 8.95. The first-order valence-electron chi connectivity index (χ1n) is 6.28. The van der Waals surface area contributed by atoms with Gasteiger partial charge in [0, 0.05) is 30.7 Å². The van der Waals surface area contributed by atoms with E-state index < -0.39 is 5.82 Å². The Morgan fingerprint density at radius 2 is 2.26 bits per heavy atom. The lowest BCUT2D eigenvalue weighted by Crippen LogP contribution is -2.49. The van der Waals surface area contributed by atoms with Crippen LogP contribution in [0.15, 0.2) is 23.1 Å². The van der Waals surface area contributed by atoms with Crippen molar-refractivity contribution in [2.24, 2.45) is 0 Å². The molecule has 2 rings (SSSR count). The van der Waals surface area contributed by atoms with Crippen molar-refractivity contribution in [3.8, 4) is 0 Å². The van der Waals surface area contributed by atoms with E-state index in [1.165, 1.54) is 18.2 Å². The SMILES string of the molecule is COC1(C)CCCN(C(=O)c2ccc(F)c(S)c2)C1. The van der Waals surface area contributed by atoms with Crippen LogP contribution in [-0.2, 0) is 4.74 Å². The molecule has 5 heteroatoms. The normalized spacial score (nSPS) is 23.5. The summed E-state index contributed by atoms with van der Waals surface area (Å²) >= 11 is 4.01. The summed E-state index contributed by atoms with van der Waals surface area (Å²) < 4.78 is 18.6. The Morgan fingerprint density at radius 3 is 2.89 bits per heavy atom. The largest absolute Gasteiger partial charge is 0.377 e. The Bertz CT molecular complexity index is 494. The van der Waals surface area contributed by atoms with Gasteiger partial charge in [-0.15, -0.1) is 12.6 Å². The van der Waals surface area contributed by atoms with Gasteiger partial charge in [0.15, 0.2) is 0 Å². The Hall–Kier alpha value is -1.07. The van der Waals surface area contributed by atoms with Crippen LogP contribution in [0.5, 0.6) is 0 Å². The van der Waals surface area contributed by atoms with Crippen LogP contribution in [0.4, 0.5) is 4.39 Å². The molecule has 1 saturated heterocycles. The Labute approximate surface area is 118 Å². The van der Waals surface area contributed by atoms with Gasteiger partial charge < -0.3 is 9.64 Å². The van der Waals surface area contributed by atoms with E-state index in [2.05, 4.69) is 12.6 Å². The maximum Gasteiger partial charge on any atom is 0.253 e. The molecule has 1 amide bonds. The third kappa shape index (κ3) is 3.09. The van der Waals surface area contributed by atoms with E-state index in [0.29, 0.717) is 18.7 Å². The van der Waals surface area contributed by atoms with Crippen molar-refractivity contribution < 1.29 is 13.9 Å². The van der Waals surface area contributed by atoms with Crippen molar-refractivity contribution in [2.45, 2.75) is 30.3 Å². The van der Waals surface area contributed by atoms with E-state index >= 15 is 0 Å². The number of thiol groups is 1. The van der Waals surface area contributed by atoms with Crippen molar-refractivity contribution in [3.05, 3.63) is 29.6 Å². The fraction of sp³-hybridized carbons (Fsp3) is 0.500. The molecule has 1 aliphatic rings. The van der Waals surface area contributed by atoms with Crippen LogP contribution < -0.4 is 0 Å². The van der Waals surface area contributed by atoms with Crippen molar-refractivity contribution in [3.63, 3.8) is 0 Å². The molecule has 1 atom stereocenters. The van der Waals surface area contributed by atoms with Crippen LogP contribution in [0.1, 0.15) is 30.1 Å². The minimum atomic E-state index is -0.416. The lowest BCUT2D eigenvalue weighted by atomic mass is 9.94.